The summed E-state index contributed by atoms with van der Waals surface area (Å²) in [6.07, 6.45) is 3.26. The predicted octanol–water partition coefficient (Wildman–Crippen LogP) is 2.69. The first kappa shape index (κ1) is 19.1. The minimum absolute atomic E-state index is 0.0316. The summed E-state index contributed by atoms with van der Waals surface area (Å²) in [5.41, 5.74) is 6.63. The van der Waals surface area contributed by atoms with Gasteiger partial charge in [0.25, 0.3) is 0 Å². The largest absolute Gasteiger partial charge is 0.462 e. The second-order valence-electron chi connectivity index (χ2n) is 4.71. The minimum atomic E-state index is -0.567. The Morgan fingerprint density at radius 3 is 2.76 bits per heavy atom. The van der Waals surface area contributed by atoms with Crippen molar-refractivity contribution >= 4 is 46.9 Å². The van der Waals surface area contributed by atoms with E-state index in [4.69, 9.17) is 10.5 Å². The Morgan fingerprint density at radius 1 is 1.32 bits per heavy atom. The highest BCUT2D eigenvalue weighted by molar-refractivity contribution is 7.99. The molecular formula is C16H18N4O3S2. The Labute approximate surface area is 154 Å². The van der Waals surface area contributed by atoms with E-state index in [0.717, 1.165) is 22.3 Å². The molecule has 0 saturated heterocycles. The van der Waals surface area contributed by atoms with Gasteiger partial charge in [0.2, 0.25) is 5.91 Å². The molecule has 132 valence electrons. The summed E-state index contributed by atoms with van der Waals surface area (Å²) in [5, 5.41) is 3.17. The summed E-state index contributed by atoms with van der Waals surface area (Å²) >= 11 is 2.69. The summed E-state index contributed by atoms with van der Waals surface area (Å²) in [6, 6.07) is 7.56. The lowest BCUT2D eigenvalue weighted by Crippen LogP contribution is -2.15. The number of carbonyl (C=O) groups excluding carboxylic acids is 2. The summed E-state index contributed by atoms with van der Waals surface area (Å²) in [4.78, 5) is 32.8. The number of nitrogen functional groups attached to an aromatic ring is 1. The molecule has 3 N–H and O–H groups in total. The fourth-order valence-electron chi connectivity index (χ4n) is 1.88. The second-order valence-corrected chi connectivity index (χ2v) is 6.50. The molecule has 9 heteroatoms. The van der Waals surface area contributed by atoms with Crippen molar-refractivity contribution in [3.8, 4) is 0 Å². The first-order valence-corrected chi connectivity index (χ1v) is 9.61. The van der Waals surface area contributed by atoms with Crippen LogP contribution in [0, 0.1) is 0 Å². The summed E-state index contributed by atoms with van der Waals surface area (Å²) in [7, 11) is 0. The van der Waals surface area contributed by atoms with Gasteiger partial charge < -0.3 is 15.8 Å². The van der Waals surface area contributed by atoms with E-state index in [9.17, 15) is 9.59 Å². The Bertz CT molecular complexity index is 771. The third-order valence-corrected chi connectivity index (χ3v) is 4.66. The third-order valence-electron chi connectivity index (χ3n) is 3.00. The minimum Gasteiger partial charge on any atom is -0.462 e. The average Bonchev–Trinajstić information content (AvgIpc) is 2.60. The van der Waals surface area contributed by atoms with Crippen LogP contribution in [0.5, 0.6) is 0 Å². The number of esters is 1. The molecule has 2 aromatic rings. The van der Waals surface area contributed by atoms with Gasteiger partial charge in [-0.25, -0.2) is 14.8 Å². The van der Waals surface area contributed by atoms with Gasteiger partial charge in [0.1, 0.15) is 11.4 Å². The normalized spacial score (nSPS) is 10.3. The van der Waals surface area contributed by atoms with Crippen molar-refractivity contribution in [3.05, 3.63) is 36.0 Å². The fraction of sp³-hybridized carbons (Fsp3) is 0.250. The first-order valence-electron chi connectivity index (χ1n) is 7.40. The van der Waals surface area contributed by atoms with E-state index in [0.29, 0.717) is 5.16 Å². The van der Waals surface area contributed by atoms with Crippen LogP contribution < -0.4 is 11.1 Å². The predicted molar refractivity (Wildman–Crippen MR) is 100.0 cm³/mol. The molecule has 1 heterocycles. The van der Waals surface area contributed by atoms with Crippen molar-refractivity contribution in [2.45, 2.75) is 17.0 Å². The number of nitrogens with zero attached hydrogens (tertiary/aromatic N) is 2. The number of anilines is 2. The molecule has 0 aliphatic heterocycles. The highest BCUT2D eigenvalue weighted by Crippen LogP contribution is 2.25. The van der Waals surface area contributed by atoms with Crippen LogP contribution >= 0.6 is 23.5 Å². The summed E-state index contributed by atoms with van der Waals surface area (Å²) in [5.74, 6) is -0.587. The van der Waals surface area contributed by atoms with E-state index in [1.807, 2.05) is 30.5 Å². The average molecular weight is 378 g/mol. The Morgan fingerprint density at radius 2 is 2.08 bits per heavy atom. The molecule has 0 atom stereocenters. The quantitative estimate of drug-likeness (QED) is 0.430. The van der Waals surface area contributed by atoms with Crippen LogP contribution in [0.3, 0.4) is 0 Å². The zero-order valence-electron chi connectivity index (χ0n) is 13.8. The van der Waals surface area contributed by atoms with Crippen LogP contribution in [-0.2, 0) is 9.53 Å². The van der Waals surface area contributed by atoms with Gasteiger partial charge in [-0.1, -0.05) is 23.9 Å². The number of benzene rings is 1. The van der Waals surface area contributed by atoms with Gasteiger partial charge >= 0.3 is 5.97 Å². The Hall–Kier alpha value is -2.26. The third kappa shape index (κ3) is 5.36. The number of ether oxygens (including phenoxy) is 1. The van der Waals surface area contributed by atoms with E-state index in [2.05, 4.69) is 15.3 Å². The summed E-state index contributed by atoms with van der Waals surface area (Å²) in [6.45, 7) is 1.94. The van der Waals surface area contributed by atoms with Gasteiger partial charge in [0.05, 0.1) is 18.0 Å². The zero-order chi connectivity index (χ0) is 18.2. The molecule has 0 spiro atoms. The van der Waals surface area contributed by atoms with E-state index < -0.39 is 5.97 Å². The molecule has 2 rings (SSSR count). The molecular weight excluding hydrogens is 360 g/mol. The van der Waals surface area contributed by atoms with Crippen molar-refractivity contribution in [1.82, 2.24) is 9.97 Å². The van der Waals surface area contributed by atoms with Crippen LogP contribution in [0.4, 0.5) is 11.5 Å². The molecule has 0 bridgehead atoms. The summed E-state index contributed by atoms with van der Waals surface area (Å²) < 4.78 is 4.86. The SMILES string of the molecule is CCOC(=O)c1cnc(SCC(=O)Nc2ccccc2SC)nc1N. The Kier molecular flexibility index (Phi) is 7.08. The molecule has 0 unspecified atom stereocenters. The highest BCUT2D eigenvalue weighted by atomic mass is 32.2. The molecule has 1 aromatic heterocycles. The molecule has 1 amide bonds. The van der Waals surface area contributed by atoms with E-state index in [1.165, 1.54) is 6.20 Å². The number of rotatable bonds is 7. The number of hydrogen-bond acceptors (Lipinski definition) is 8. The second kappa shape index (κ2) is 9.28. The lowest BCUT2D eigenvalue weighted by molar-refractivity contribution is -0.113. The standard InChI is InChI=1S/C16H18N4O3S2/c1-3-23-15(22)10-8-18-16(20-14(10)17)25-9-13(21)19-11-6-4-5-7-12(11)24-2/h4-8H,3,9H2,1-2H3,(H,19,21)(H2,17,18,20). The fourth-order valence-corrected chi connectivity index (χ4v) is 3.05. The van der Waals surface area contributed by atoms with Gasteiger partial charge in [-0.3, -0.25) is 4.79 Å². The number of para-hydroxylation sites is 1. The van der Waals surface area contributed by atoms with Gasteiger partial charge in [0.15, 0.2) is 5.16 Å². The van der Waals surface area contributed by atoms with E-state index in [1.54, 1.807) is 18.7 Å². The maximum atomic E-state index is 12.1. The van der Waals surface area contributed by atoms with Crippen LogP contribution in [-0.4, -0.2) is 40.5 Å². The van der Waals surface area contributed by atoms with Gasteiger partial charge in [-0.05, 0) is 25.3 Å². The highest BCUT2D eigenvalue weighted by Gasteiger charge is 2.14. The maximum absolute atomic E-state index is 12.1. The lowest BCUT2D eigenvalue weighted by atomic mass is 10.3. The number of hydrogen-bond donors (Lipinski definition) is 2. The van der Waals surface area contributed by atoms with Crippen LogP contribution in [0.15, 0.2) is 40.5 Å². The number of aromatic nitrogens is 2. The van der Waals surface area contributed by atoms with Gasteiger partial charge in [-0.2, -0.15) is 0 Å². The maximum Gasteiger partial charge on any atom is 0.343 e. The van der Waals surface area contributed by atoms with Crippen molar-refractivity contribution in [3.63, 3.8) is 0 Å². The number of nitrogens with one attached hydrogen (secondary N) is 1. The van der Waals surface area contributed by atoms with Crippen LogP contribution in [0.1, 0.15) is 17.3 Å². The van der Waals surface area contributed by atoms with Crippen LogP contribution in [0.25, 0.3) is 0 Å². The Balaban J connectivity index is 1.95. The zero-order valence-corrected chi connectivity index (χ0v) is 15.4. The first-order chi connectivity index (χ1) is 12.0. The van der Waals surface area contributed by atoms with Crippen molar-refractivity contribution in [1.29, 1.82) is 0 Å². The van der Waals surface area contributed by atoms with Gasteiger partial charge in [-0.15, -0.1) is 11.8 Å². The van der Waals surface area contributed by atoms with Crippen molar-refractivity contribution < 1.29 is 14.3 Å². The topological polar surface area (TPSA) is 107 Å². The van der Waals surface area contributed by atoms with E-state index in [-0.39, 0.29) is 29.6 Å². The van der Waals surface area contributed by atoms with Crippen molar-refractivity contribution in [2.75, 3.05) is 29.7 Å². The van der Waals surface area contributed by atoms with Crippen LogP contribution in [0.2, 0.25) is 0 Å². The molecule has 0 saturated carbocycles. The van der Waals surface area contributed by atoms with Gasteiger partial charge in [0, 0.05) is 11.1 Å². The number of carbonyl (C=O) groups is 2. The van der Waals surface area contributed by atoms with E-state index >= 15 is 0 Å². The molecule has 7 nitrogen and oxygen atoms in total. The number of thioether (sulfide) groups is 2. The number of nitrogens with two attached hydrogens (primary N) is 1. The molecule has 0 aliphatic carbocycles. The van der Waals surface area contributed by atoms with Crippen molar-refractivity contribution in [2.24, 2.45) is 0 Å². The molecule has 0 fully saturated rings. The molecule has 0 aliphatic rings. The monoisotopic (exact) mass is 378 g/mol. The lowest BCUT2D eigenvalue weighted by Gasteiger charge is -2.09. The molecule has 1 aromatic carbocycles. The molecule has 0 radical (unpaired) electrons. The number of amides is 1. The smallest absolute Gasteiger partial charge is 0.343 e. The molecule has 25 heavy (non-hydrogen) atoms.